The van der Waals surface area contributed by atoms with Crippen molar-refractivity contribution >= 4 is 10.8 Å². The number of hydrogen-bond donors (Lipinski definition) is 1. The normalized spacial score (nSPS) is 25.3. The molecule has 2 aromatic carbocycles. The molecule has 2 unspecified atom stereocenters. The maximum Gasteiger partial charge on any atom is 0.116 e. The maximum atomic E-state index is 9.72. The number of hydrogen-bond acceptors (Lipinski definition) is 1. The molecule has 0 heterocycles. The highest BCUT2D eigenvalue weighted by Gasteiger charge is 2.44. The van der Waals surface area contributed by atoms with Crippen LogP contribution in [0.4, 0.5) is 0 Å². The van der Waals surface area contributed by atoms with E-state index in [0.29, 0.717) is 11.7 Å². The Hall–Kier alpha value is -2.20. The van der Waals surface area contributed by atoms with Crippen LogP contribution in [-0.2, 0) is 6.42 Å². The molecule has 0 bridgehead atoms. The van der Waals surface area contributed by atoms with Crippen molar-refractivity contribution in [2.75, 3.05) is 0 Å². The molecule has 0 radical (unpaired) electrons. The molecule has 0 amide bonds. The largest absolute Gasteiger partial charge is 0.508 e. The summed E-state index contributed by atoms with van der Waals surface area (Å²) in [5, 5.41) is 12.2. The van der Waals surface area contributed by atoms with Crippen LogP contribution in [0.15, 0.2) is 42.0 Å². The van der Waals surface area contributed by atoms with E-state index >= 15 is 0 Å². The van der Waals surface area contributed by atoms with Crippen molar-refractivity contribution in [2.45, 2.75) is 45.4 Å². The third-order valence-electron chi connectivity index (χ3n) is 5.76. The smallest absolute Gasteiger partial charge is 0.116 e. The van der Waals surface area contributed by atoms with E-state index in [0.717, 1.165) is 31.1 Å². The van der Waals surface area contributed by atoms with Crippen molar-refractivity contribution in [2.24, 2.45) is 5.41 Å². The number of phenolic OH excluding ortho intramolecular Hbond substituents is 1. The molecule has 1 N–H and O–H groups in total. The topological polar surface area (TPSA) is 20.2 Å². The number of fused-ring (bicyclic) bond motifs is 5. The third kappa shape index (κ3) is 2.09. The van der Waals surface area contributed by atoms with Crippen molar-refractivity contribution in [3.8, 4) is 17.6 Å². The first-order chi connectivity index (χ1) is 11.1. The van der Waals surface area contributed by atoms with Crippen molar-refractivity contribution in [3.63, 3.8) is 0 Å². The van der Waals surface area contributed by atoms with Gasteiger partial charge >= 0.3 is 0 Å². The third-order valence-corrected chi connectivity index (χ3v) is 5.76. The lowest BCUT2D eigenvalue weighted by Crippen LogP contribution is -2.29. The highest BCUT2D eigenvalue weighted by molar-refractivity contribution is 5.88. The van der Waals surface area contributed by atoms with E-state index in [1.165, 1.54) is 22.1 Å². The highest BCUT2D eigenvalue weighted by atomic mass is 16.3. The molecule has 0 aliphatic heterocycles. The van der Waals surface area contributed by atoms with E-state index in [1.807, 2.05) is 12.1 Å². The molecule has 23 heavy (non-hydrogen) atoms. The molecule has 1 heteroatoms. The van der Waals surface area contributed by atoms with E-state index < -0.39 is 0 Å². The van der Waals surface area contributed by atoms with Crippen molar-refractivity contribution in [1.29, 1.82) is 0 Å². The summed E-state index contributed by atoms with van der Waals surface area (Å²) in [6.07, 6.45) is 6.64. The molecule has 0 saturated heterocycles. The summed E-state index contributed by atoms with van der Waals surface area (Å²) in [6, 6.07) is 10.2. The lowest BCUT2D eigenvalue weighted by molar-refractivity contribution is 0.301. The number of allylic oxidation sites excluding steroid dienone is 2. The Labute approximate surface area is 138 Å². The van der Waals surface area contributed by atoms with Crippen molar-refractivity contribution < 1.29 is 5.11 Å². The highest BCUT2D eigenvalue weighted by Crippen LogP contribution is 2.56. The van der Waals surface area contributed by atoms with Crippen LogP contribution >= 0.6 is 0 Å². The number of aromatic hydroxyl groups is 1. The Morgan fingerprint density at radius 1 is 1.26 bits per heavy atom. The number of benzene rings is 2. The zero-order chi connectivity index (χ0) is 16.0. The molecule has 2 aliphatic carbocycles. The average Bonchev–Trinajstić information content (AvgIpc) is 2.89. The van der Waals surface area contributed by atoms with Crippen LogP contribution in [0.2, 0.25) is 0 Å². The predicted molar refractivity (Wildman–Crippen MR) is 95.5 cm³/mol. The quantitative estimate of drug-likeness (QED) is 0.653. The van der Waals surface area contributed by atoms with Crippen LogP contribution in [0.3, 0.4) is 0 Å². The zero-order valence-corrected chi connectivity index (χ0v) is 13.8. The minimum absolute atomic E-state index is 0.194. The Bertz CT molecular complexity index is 878. The van der Waals surface area contributed by atoms with Gasteiger partial charge in [0.1, 0.15) is 5.75 Å². The first-order valence-corrected chi connectivity index (χ1v) is 8.57. The van der Waals surface area contributed by atoms with E-state index in [2.05, 4.69) is 50.0 Å². The van der Waals surface area contributed by atoms with Gasteiger partial charge in [-0.2, -0.15) is 0 Å². The van der Waals surface area contributed by atoms with Crippen LogP contribution in [-0.4, -0.2) is 5.11 Å². The predicted octanol–water partition coefficient (Wildman–Crippen LogP) is 5.33. The molecule has 0 fully saturated rings. The van der Waals surface area contributed by atoms with Crippen LogP contribution in [0.25, 0.3) is 10.8 Å². The van der Waals surface area contributed by atoms with Crippen LogP contribution < -0.4 is 0 Å². The van der Waals surface area contributed by atoms with E-state index in [-0.39, 0.29) is 5.41 Å². The van der Waals surface area contributed by atoms with E-state index in [1.54, 1.807) is 0 Å². The fraction of sp³-hybridized carbons (Fsp3) is 0.364. The second-order valence-corrected chi connectivity index (χ2v) is 7.02. The molecule has 2 atom stereocenters. The van der Waals surface area contributed by atoms with E-state index in [9.17, 15) is 5.11 Å². The lowest BCUT2D eigenvalue weighted by Gasteiger charge is -2.39. The summed E-state index contributed by atoms with van der Waals surface area (Å²) in [5.74, 6) is 7.58. The Morgan fingerprint density at radius 3 is 2.96 bits per heavy atom. The molecule has 0 spiro atoms. The second kappa shape index (κ2) is 5.17. The van der Waals surface area contributed by atoms with Gasteiger partial charge in [-0.25, -0.2) is 0 Å². The van der Waals surface area contributed by atoms with Crippen molar-refractivity contribution in [1.82, 2.24) is 0 Å². The second-order valence-electron chi connectivity index (χ2n) is 7.02. The average molecular weight is 302 g/mol. The fourth-order valence-electron chi connectivity index (χ4n) is 4.46. The molecule has 0 aromatic heterocycles. The standard InChI is InChI=1S/C22H22O/c1-3-4-5-16-7-11-21-20-9-6-15-14-17(23)8-10-18(15)19(20)12-13-22(16,21)2/h6-10,14,21,23H,3,11-13H2,1-2H3. The zero-order valence-electron chi connectivity index (χ0n) is 13.8. The molecular weight excluding hydrogens is 280 g/mol. The minimum atomic E-state index is 0.194. The Balaban J connectivity index is 1.82. The van der Waals surface area contributed by atoms with Gasteiger partial charge in [-0.1, -0.05) is 50.0 Å². The van der Waals surface area contributed by atoms with Crippen LogP contribution in [0.5, 0.6) is 5.75 Å². The van der Waals surface area contributed by atoms with Gasteiger partial charge in [0.2, 0.25) is 0 Å². The summed E-state index contributed by atoms with van der Waals surface area (Å²) in [4.78, 5) is 0. The molecule has 0 saturated carbocycles. The van der Waals surface area contributed by atoms with Gasteiger partial charge < -0.3 is 5.11 Å². The number of phenols is 1. The van der Waals surface area contributed by atoms with Crippen LogP contribution in [0, 0.1) is 17.3 Å². The summed E-state index contributed by atoms with van der Waals surface area (Å²) in [7, 11) is 0. The lowest BCUT2D eigenvalue weighted by atomic mass is 9.64. The maximum absolute atomic E-state index is 9.72. The number of rotatable bonds is 0. The molecule has 4 rings (SSSR count). The minimum Gasteiger partial charge on any atom is -0.508 e. The van der Waals surface area contributed by atoms with Crippen molar-refractivity contribution in [3.05, 3.63) is 53.1 Å². The van der Waals surface area contributed by atoms with E-state index in [4.69, 9.17) is 0 Å². The molecule has 1 nitrogen and oxygen atoms in total. The van der Waals surface area contributed by atoms with Gasteiger partial charge in [0.25, 0.3) is 0 Å². The summed E-state index contributed by atoms with van der Waals surface area (Å²) < 4.78 is 0. The van der Waals surface area contributed by atoms with Gasteiger partial charge in [0.05, 0.1) is 0 Å². The molecule has 116 valence electrons. The summed E-state index contributed by atoms with van der Waals surface area (Å²) >= 11 is 0. The SMILES string of the molecule is CCC#CC1=CCC2c3ccc4cc(O)ccc4c3CCC12C. The molecule has 2 aromatic rings. The Morgan fingerprint density at radius 2 is 2.13 bits per heavy atom. The van der Waals surface area contributed by atoms with Gasteiger partial charge in [0, 0.05) is 17.4 Å². The summed E-state index contributed by atoms with van der Waals surface area (Å²) in [6.45, 7) is 4.50. The number of aryl methyl sites for hydroxylation is 1. The van der Waals surface area contributed by atoms with Gasteiger partial charge in [-0.15, -0.1) is 0 Å². The Kier molecular flexibility index (Phi) is 3.23. The summed E-state index contributed by atoms with van der Waals surface area (Å²) in [5.41, 5.74) is 4.50. The van der Waals surface area contributed by atoms with Gasteiger partial charge in [0.15, 0.2) is 0 Å². The fourth-order valence-corrected chi connectivity index (χ4v) is 4.46. The van der Waals surface area contributed by atoms with Crippen LogP contribution in [0.1, 0.15) is 50.2 Å². The first kappa shape index (κ1) is 14.4. The first-order valence-electron chi connectivity index (χ1n) is 8.57. The van der Waals surface area contributed by atoms with Gasteiger partial charge in [-0.05, 0) is 59.2 Å². The molecular formula is C22H22O. The molecule has 2 aliphatic rings. The van der Waals surface area contributed by atoms with Gasteiger partial charge in [-0.3, -0.25) is 0 Å². The monoisotopic (exact) mass is 302 g/mol.